The van der Waals surface area contributed by atoms with Crippen molar-refractivity contribution in [3.63, 3.8) is 0 Å². The van der Waals surface area contributed by atoms with Gasteiger partial charge in [0.05, 0.1) is 17.2 Å². The van der Waals surface area contributed by atoms with Gasteiger partial charge in [0, 0.05) is 51.8 Å². The number of nitrogens with one attached hydrogen (secondary N) is 2. The highest BCUT2D eigenvalue weighted by Crippen LogP contribution is 2.30. The van der Waals surface area contributed by atoms with E-state index >= 15 is 0 Å². The van der Waals surface area contributed by atoms with Crippen LogP contribution in [0.4, 0.5) is 10.6 Å². The Balaban J connectivity index is 1.15. The average molecular weight is 538 g/mol. The Hall–Kier alpha value is -2.91. The minimum absolute atomic E-state index is 0.0386. The number of benzene rings is 1. The summed E-state index contributed by atoms with van der Waals surface area (Å²) in [6.07, 6.45) is 7.00. The van der Waals surface area contributed by atoms with E-state index in [4.69, 9.17) is 14.8 Å². The lowest BCUT2D eigenvalue weighted by atomic mass is 9.82. The molecule has 1 saturated carbocycles. The molecule has 2 aromatic rings. The van der Waals surface area contributed by atoms with Crippen molar-refractivity contribution >= 4 is 28.7 Å². The molecule has 1 aromatic heterocycles. The van der Waals surface area contributed by atoms with E-state index in [0.29, 0.717) is 36.6 Å². The topological polar surface area (TPSA) is 107 Å². The molecule has 3 fully saturated rings. The number of hydrogen-bond donors (Lipinski definition) is 3. The number of carbonyl (C=O) groups is 2. The summed E-state index contributed by atoms with van der Waals surface area (Å²) in [6, 6.07) is 9.91. The minimum Gasteiger partial charge on any atom is -0.465 e. The third-order valence-corrected chi connectivity index (χ3v) is 9.06. The summed E-state index contributed by atoms with van der Waals surface area (Å²) in [4.78, 5) is 33.9. The molecule has 212 valence electrons. The zero-order chi connectivity index (χ0) is 27.2. The number of carboxylic acid groups (broad SMARTS) is 1. The van der Waals surface area contributed by atoms with Crippen molar-refractivity contribution in [3.05, 3.63) is 35.9 Å². The number of ether oxygens (including phenoxy) is 1. The number of likely N-dealkylation sites (tertiary alicyclic amines) is 1. The Labute approximate surface area is 231 Å². The minimum atomic E-state index is -0.958. The molecule has 2 aliphatic heterocycles. The van der Waals surface area contributed by atoms with Crippen molar-refractivity contribution in [1.29, 1.82) is 0 Å². The van der Waals surface area contributed by atoms with E-state index in [9.17, 15) is 9.59 Å². The highest BCUT2D eigenvalue weighted by molar-refractivity contribution is 6.07. The molecule has 0 unspecified atom stereocenters. The van der Waals surface area contributed by atoms with Gasteiger partial charge < -0.3 is 25.4 Å². The number of hydrogen-bond acceptors (Lipinski definition) is 6. The second-order valence-electron chi connectivity index (χ2n) is 11.7. The van der Waals surface area contributed by atoms with Crippen molar-refractivity contribution in [2.75, 3.05) is 57.8 Å². The normalized spacial score (nSPS) is 22.9. The van der Waals surface area contributed by atoms with Gasteiger partial charge in [-0.2, -0.15) is 0 Å². The number of fused-ring (bicyclic) bond motifs is 1. The quantitative estimate of drug-likeness (QED) is 0.421. The molecule has 1 aromatic carbocycles. The predicted molar refractivity (Wildman–Crippen MR) is 152 cm³/mol. The molecule has 1 aliphatic carbocycles. The molecule has 0 bridgehead atoms. The lowest BCUT2D eigenvalue weighted by molar-refractivity contribution is -0.0314. The number of para-hydroxylation sites is 1. The van der Waals surface area contributed by atoms with E-state index < -0.39 is 6.09 Å². The molecule has 0 spiro atoms. The molecule has 9 nitrogen and oxygen atoms in total. The van der Waals surface area contributed by atoms with E-state index in [1.54, 1.807) is 7.11 Å². The number of nitrogens with zero attached hydrogens (tertiary/aromatic N) is 3. The first kappa shape index (κ1) is 27.6. The maximum Gasteiger partial charge on any atom is 0.404 e. The largest absolute Gasteiger partial charge is 0.465 e. The van der Waals surface area contributed by atoms with Crippen molar-refractivity contribution in [2.24, 2.45) is 17.8 Å². The van der Waals surface area contributed by atoms with Crippen LogP contribution >= 0.6 is 0 Å². The Morgan fingerprint density at radius 3 is 2.31 bits per heavy atom. The lowest BCUT2D eigenvalue weighted by Crippen LogP contribution is -2.52. The fraction of sp³-hybridized carbons (Fsp3) is 0.633. The molecular formula is C30H43N5O4. The fourth-order valence-corrected chi connectivity index (χ4v) is 6.38. The molecule has 3 N–H and O–H groups in total. The summed E-state index contributed by atoms with van der Waals surface area (Å²) in [5.41, 5.74) is 1.56. The van der Waals surface area contributed by atoms with Gasteiger partial charge in [-0.25, -0.2) is 9.78 Å². The van der Waals surface area contributed by atoms with Crippen LogP contribution < -0.4 is 15.5 Å². The Morgan fingerprint density at radius 2 is 1.64 bits per heavy atom. The van der Waals surface area contributed by atoms with Gasteiger partial charge >= 0.3 is 6.09 Å². The fourth-order valence-electron chi connectivity index (χ4n) is 6.38. The average Bonchev–Trinajstić information content (AvgIpc) is 2.94. The molecule has 39 heavy (non-hydrogen) atoms. The smallest absolute Gasteiger partial charge is 0.404 e. The van der Waals surface area contributed by atoms with Gasteiger partial charge in [0.15, 0.2) is 0 Å². The summed E-state index contributed by atoms with van der Waals surface area (Å²) in [5.74, 6) is 2.42. The van der Waals surface area contributed by atoms with Gasteiger partial charge in [0.1, 0.15) is 5.82 Å². The van der Waals surface area contributed by atoms with Crippen LogP contribution in [0.15, 0.2) is 30.3 Å². The summed E-state index contributed by atoms with van der Waals surface area (Å²) in [6.45, 7) is 6.39. The molecule has 3 aliphatic rings. The van der Waals surface area contributed by atoms with Crippen molar-refractivity contribution in [1.82, 2.24) is 20.5 Å². The van der Waals surface area contributed by atoms with Crippen LogP contribution in [-0.4, -0.2) is 86.0 Å². The molecule has 5 rings (SSSR count). The van der Waals surface area contributed by atoms with Crippen LogP contribution in [0.1, 0.15) is 55.3 Å². The number of pyridine rings is 1. The molecule has 0 atom stereocenters. The Morgan fingerprint density at radius 1 is 0.974 bits per heavy atom. The lowest BCUT2D eigenvalue weighted by Gasteiger charge is -2.40. The summed E-state index contributed by atoms with van der Waals surface area (Å²) >= 11 is 0. The van der Waals surface area contributed by atoms with Crippen LogP contribution in [0.3, 0.4) is 0 Å². The molecule has 2 saturated heterocycles. The first-order valence-electron chi connectivity index (χ1n) is 14.6. The van der Waals surface area contributed by atoms with Gasteiger partial charge in [-0.3, -0.25) is 9.69 Å². The van der Waals surface area contributed by atoms with Crippen LogP contribution in [0.5, 0.6) is 0 Å². The molecule has 9 heteroatoms. The van der Waals surface area contributed by atoms with E-state index in [2.05, 4.69) is 20.4 Å². The zero-order valence-corrected chi connectivity index (χ0v) is 23.1. The van der Waals surface area contributed by atoms with Crippen molar-refractivity contribution < 1.29 is 19.4 Å². The SMILES string of the molecule is COC1CN(CCC2CCN(c3cc(C(=O)NC[C@H]4CC[C@H](CNC(=O)O)CC4)c4ccccc4n3)CC2)C1. The molecule has 2 amide bonds. The first-order chi connectivity index (χ1) is 19.0. The van der Waals surface area contributed by atoms with E-state index in [-0.39, 0.29) is 5.91 Å². The molecule has 3 heterocycles. The number of carbonyl (C=O) groups excluding carboxylic acids is 1. The second kappa shape index (κ2) is 13.0. The summed E-state index contributed by atoms with van der Waals surface area (Å²) < 4.78 is 5.39. The Bertz CT molecular complexity index is 1120. The van der Waals surface area contributed by atoms with Gasteiger partial charge in [0.25, 0.3) is 5.91 Å². The first-order valence-corrected chi connectivity index (χ1v) is 14.6. The van der Waals surface area contributed by atoms with Crippen molar-refractivity contribution in [3.8, 4) is 0 Å². The van der Waals surface area contributed by atoms with Gasteiger partial charge in [-0.1, -0.05) is 18.2 Å². The molecule has 0 radical (unpaired) electrons. The van der Waals surface area contributed by atoms with Crippen molar-refractivity contribution in [2.45, 2.75) is 51.0 Å². The number of aromatic nitrogens is 1. The summed E-state index contributed by atoms with van der Waals surface area (Å²) in [7, 11) is 1.80. The second-order valence-corrected chi connectivity index (χ2v) is 11.7. The number of amides is 2. The Kier molecular flexibility index (Phi) is 9.19. The maximum atomic E-state index is 13.4. The number of piperidine rings is 1. The molecular weight excluding hydrogens is 494 g/mol. The van der Waals surface area contributed by atoms with Crippen LogP contribution in [0.25, 0.3) is 10.9 Å². The monoisotopic (exact) mass is 537 g/mol. The van der Waals surface area contributed by atoms with E-state index in [0.717, 1.165) is 93.9 Å². The van der Waals surface area contributed by atoms with E-state index in [1.165, 1.54) is 6.42 Å². The highest BCUT2D eigenvalue weighted by Gasteiger charge is 2.28. The van der Waals surface area contributed by atoms with Gasteiger partial charge in [0.2, 0.25) is 0 Å². The third kappa shape index (κ3) is 7.19. The predicted octanol–water partition coefficient (Wildman–Crippen LogP) is 3.98. The van der Waals surface area contributed by atoms with Gasteiger partial charge in [-0.15, -0.1) is 0 Å². The third-order valence-electron chi connectivity index (χ3n) is 9.06. The maximum absolute atomic E-state index is 13.4. The number of rotatable bonds is 10. The van der Waals surface area contributed by atoms with Crippen LogP contribution in [0.2, 0.25) is 0 Å². The van der Waals surface area contributed by atoms with E-state index in [1.807, 2.05) is 30.3 Å². The highest BCUT2D eigenvalue weighted by atomic mass is 16.5. The number of methoxy groups -OCH3 is 1. The standard InChI is InChI=1S/C30H43N5O4/c1-39-24-19-34(20-24)13-10-21-11-14-35(15-12-21)28-16-26(25-4-2-3-5-27(25)33-28)29(36)31-17-22-6-8-23(9-7-22)18-32-30(37)38/h2-5,16,21-24,32H,6-15,17-20H2,1H3,(H,31,36)(H,37,38)/t22-,23-. The zero-order valence-electron chi connectivity index (χ0n) is 23.1. The van der Waals surface area contributed by atoms with Crippen LogP contribution in [0, 0.1) is 17.8 Å². The summed E-state index contributed by atoms with van der Waals surface area (Å²) in [5, 5.41) is 15.4. The van der Waals surface area contributed by atoms with Crippen LogP contribution in [-0.2, 0) is 4.74 Å². The number of anilines is 1. The van der Waals surface area contributed by atoms with Gasteiger partial charge in [-0.05, 0) is 81.4 Å².